The lowest BCUT2D eigenvalue weighted by Gasteiger charge is -2.13. The van der Waals surface area contributed by atoms with Gasteiger partial charge in [0.25, 0.3) is 0 Å². The highest BCUT2D eigenvalue weighted by molar-refractivity contribution is 9.08. The van der Waals surface area contributed by atoms with E-state index in [1.807, 2.05) is 25.1 Å². The number of benzene rings is 2. The Balaban J connectivity index is 2.16. The monoisotopic (exact) mass is 338 g/mol. The Kier molecular flexibility index (Phi) is 5.01. The Morgan fingerprint density at radius 2 is 1.90 bits per heavy atom. The molecule has 0 unspecified atom stereocenters. The van der Waals surface area contributed by atoms with Crippen LogP contribution in [-0.2, 0) is 11.9 Å². The summed E-state index contributed by atoms with van der Waals surface area (Å²) >= 11 is 3.40. The van der Waals surface area contributed by atoms with Gasteiger partial charge in [-0.3, -0.25) is 0 Å². The molecule has 0 N–H and O–H groups in total. The van der Waals surface area contributed by atoms with Gasteiger partial charge in [-0.1, -0.05) is 28.1 Å². The maximum Gasteiger partial charge on any atom is 0.161 e. The zero-order valence-electron chi connectivity index (χ0n) is 11.5. The van der Waals surface area contributed by atoms with Crippen molar-refractivity contribution in [3.05, 3.63) is 58.9 Å². The van der Waals surface area contributed by atoms with E-state index < -0.39 is 0 Å². The van der Waals surface area contributed by atoms with Crippen molar-refractivity contribution in [1.82, 2.24) is 0 Å². The molecule has 0 aliphatic heterocycles. The Morgan fingerprint density at radius 3 is 2.60 bits per heavy atom. The summed E-state index contributed by atoms with van der Waals surface area (Å²) in [5.74, 6) is 1.08. The molecule has 0 saturated heterocycles. The molecule has 2 nitrogen and oxygen atoms in total. The fourth-order valence-electron chi connectivity index (χ4n) is 1.87. The van der Waals surface area contributed by atoms with E-state index in [1.165, 1.54) is 12.1 Å². The molecule has 0 fully saturated rings. The van der Waals surface area contributed by atoms with Crippen molar-refractivity contribution in [2.24, 2.45) is 0 Å². The first-order valence-corrected chi connectivity index (χ1v) is 7.37. The second-order valence-corrected chi connectivity index (χ2v) is 5.04. The standard InChI is InChI=1S/C16H16BrFO2/c1-11-3-5-14(18)8-13(11)10-20-15-6-4-12(9-17)7-16(15)19-2/h3-8H,9-10H2,1-2H3. The minimum absolute atomic E-state index is 0.254. The number of rotatable bonds is 5. The van der Waals surface area contributed by atoms with Gasteiger partial charge >= 0.3 is 0 Å². The first-order valence-electron chi connectivity index (χ1n) is 6.24. The highest BCUT2D eigenvalue weighted by Crippen LogP contribution is 2.29. The van der Waals surface area contributed by atoms with Gasteiger partial charge in [-0.25, -0.2) is 4.39 Å². The van der Waals surface area contributed by atoms with E-state index in [9.17, 15) is 4.39 Å². The average Bonchev–Trinajstić information content (AvgIpc) is 2.48. The number of aryl methyl sites for hydroxylation is 1. The molecule has 0 spiro atoms. The molecular formula is C16H16BrFO2. The molecule has 106 valence electrons. The zero-order chi connectivity index (χ0) is 14.5. The van der Waals surface area contributed by atoms with Crippen LogP contribution in [0.1, 0.15) is 16.7 Å². The molecule has 0 bridgehead atoms. The molecular weight excluding hydrogens is 323 g/mol. The summed E-state index contributed by atoms with van der Waals surface area (Å²) in [6, 6.07) is 10.4. The topological polar surface area (TPSA) is 18.5 Å². The van der Waals surface area contributed by atoms with Crippen LogP contribution in [0.2, 0.25) is 0 Å². The first-order chi connectivity index (χ1) is 9.63. The molecule has 0 aliphatic rings. The van der Waals surface area contributed by atoms with Crippen LogP contribution in [0.4, 0.5) is 4.39 Å². The summed E-state index contributed by atoms with van der Waals surface area (Å²) < 4.78 is 24.3. The fourth-order valence-corrected chi connectivity index (χ4v) is 2.21. The maximum atomic E-state index is 13.2. The van der Waals surface area contributed by atoms with Crippen molar-refractivity contribution in [2.75, 3.05) is 7.11 Å². The number of methoxy groups -OCH3 is 1. The van der Waals surface area contributed by atoms with E-state index >= 15 is 0 Å². The smallest absolute Gasteiger partial charge is 0.161 e. The molecule has 2 rings (SSSR count). The van der Waals surface area contributed by atoms with Crippen molar-refractivity contribution in [3.8, 4) is 11.5 Å². The highest BCUT2D eigenvalue weighted by Gasteiger charge is 2.07. The number of alkyl halides is 1. The van der Waals surface area contributed by atoms with Crippen LogP contribution in [0.5, 0.6) is 11.5 Å². The van der Waals surface area contributed by atoms with Crippen molar-refractivity contribution in [3.63, 3.8) is 0 Å². The van der Waals surface area contributed by atoms with Crippen molar-refractivity contribution in [2.45, 2.75) is 18.9 Å². The van der Waals surface area contributed by atoms with Crippen LogP contribution >= 0.6 is 15.9 Å². The second-order valence-electron chi connectivity index (χ2n) is 4.48. The molecule has 0 radical (unpaired) electrons. The highest BCUT2D eigenvalue weighted by atomic mass is 79.9. The van der Waals surface area contributed by atoms with Gasteiger partial charge in [0.15, 0.2) is 11.5 Å². The average molecular weight is 339 g/mol. The van der Waals surface area contributed by atoms with Crippen molar-refractivity contribution >= 4 is 15.9 Å². The van der Waals surface area contributed by atoms with Gasteiger partial charge < -0.3 is 9.47 Å². The Morgan fingerprint density at radius 1 is 1.10 bits per heavy atom. The van der Waals surface area contributed by atoms with Gasteiger partial charge in [-0.05, 0) is 47.9 Å². The van der Waals surface area contributed by atoms with Gasteiger partial charge in [0.2, 0.25) is 0 Å². The molecule has 0 heterocycles. The third kappa shape index (κ3) is 3.51. The van der Waals surface area contributed by atoms with Crippen LogP contribution in [0.15, 0.2) is 36.4 Å². The molecule has 2 aromatic rings. The lowest BCUT2D eigenvalue weighted by atomic mass is 10.1. The van der Waals surface area contributed by atoms with E-state index in [4.69, 9.17) is 9.47 Å². The SMILES string of the molecule is COc1cc(CBr)ccc1OCc1cc(F)ccc1C. The fraction of sp³-hybridized carbons (Fsp3) is 0.250. The number of hydrogen-bond acceptors (Lipinski definition) is 2. The minimum atomic E-state index is -0.254. The summed E-state index contributed by atoms with van der Waals surface area (Å²) in [4.78, 5) is 0. The normalized spacial score (nSPS) is 10.4. The van der Waals surface area contributed by atoms with Gasteiger partial charge in [0.1, 0.15) is 12.4 Å². The Labute approximate surface area is 126 Å². The van der Waals surface area contributed by atoms with E-state index in [0.29, 0.717) is 18.1 Å². The summed E-state index contributed by atoms with van der Waals surface area (Å²) in [5.41, 5.74) is 2.94. The van der Waals surface area contributed by atoms with Gasteiger partial charge in [0, 0.05) is 5.33 Å². The van der Waals surface area contributed by atoms with Crippen LogP contribution in [0.3, 0.4) is 0 Å². The quantitative estimate of drug-likeness (QED) is 0.741. The van der Waals surface area contributed by atoms with Crippen LogP contribution < -0.4 is 9.47 Å². The van der Waals surface area contributed by atoms with Crippen LogP contribution in [-0.4, -0.2) is 7.11 Å². The predicted octanol–water partition coefficient (Wildman–Crippen LogP) is 4.62. The van der Waals surface area contributed by atoms with Crippen molar-refractivity contribution < 1.29 is 13.9 Å². The first kappa shape index (κ1) is 14.9. The zero-order valence-corrected chi connectivity index (χ0v) is 13.0. The summed E-state index contributed by atoms with van der Waals surface area (Å²) in [7, 11) is 1.60. The molecule has 2 aromatic carbocycles. The minimum Gasteiger partial charge on any atom is -0.493 e. The molecule has 20 heavy (non-hydrogen) atoms. The Bertz CT molecular complexity index is 599. The molecule has 0 saturated carbocycles. The molecule has 4 heteroatoms. The summed E-state index contributed by atoms with van der Waals surface area (Å²) in [6.45, 7) is 2.25. The predicted molar refractivity (Wildman–Crippen MR) is 81.1 cm³/mol. The molecule has 0 aromatic heterocycles. The third-order valence-electron chi connectivity index (χ3n) is 3.08. The van der Waals surface area contributed by atoms with Crippen LogP contribution in [0.25, 0.3) is 0 Å². The van der Waals surface area contributed by atoms with Crippen molar-refractivity contribution in [1.29, 1.82) is 0 Å². The van der Waals surface area contributed by atoms with E-state index in [1.54, 1.807) is 13.2 Å². The molecule has 0 aliphatic carbocycles. The number of hydrogen-bond donors (Lipinski definition) is 0. The number of halogens is 2. The maximum absolute atomic E-state index is 13.2. The van der Waals surface area contributed by atoms with E-state index in [2.05, 4.69) is 15.9 Å². The summed E-state index contributed by atoms with van der Waals surface area (Å²) in [6.07, 6.45) is 0. The lowest BCUT2D eigenvalue weighted by Crippen LogP contribution is -2.00. The van der Waals surface area contributed by atoms with Gasteiger partial charge in [-0.15, -0.1) is 0 Å². The molecule has 0 atom stereocenters. The van der Waals surface area contributed by atoms with Crippen LogP contribution in [0, 0.1) is 12.7 Å². The molecule has 0 amide bonds. The second kappa shape index (κ2) is 6.75. The van der Waals surface area contributed by atoms with E-state index in [-0.39, 0.29) is 5.82 Å². The van der Waals surface area contributed by atoms with E-state index in [0.717, 1.165) is 22.0 Å². The Hall–Kier alpha value is -1.55. The largest absolute Gasteiger partial charge is 0.493 e. The third-order valence-corrected chi connectivity index (χ3v) is 3.72. The lowest BCUT2D eigenvalue weighted by molar-refractivity contribution is 0.283. The van der Waals surface area contributed by atoms with Gasteiger partial charge in [0.05, 0.1) is 7.11 Å². The number of ether oxygens (including phenoxy) is 2. The summed E-state index contributed by atoms with van der Waals surface area (Å²) in [5, 5.41) is 0.757. The van der Waals surface area contributed by atoms with Gasteiger partial charge in [-0.2, -0.15) is 0 Å².